The van der Waals surface area contributed by atoms with Gasteiger partial charge in [0.15, 0.2) is 11.5 Å². The van der Waals surface area contributed by atoms with Gasteiger partial charge in [0.2, 0.25) is 5.24 Å². The van der Waals surface area contributed by atoms with Gasteiger partial charge in [0.1, 0.15) is 0 Å². The Morgan fingerprint density at radius 2 is 1.87 bits per heavy atom. The third-order valence-electron chi connectivity index (χ3n) is 1.88. The second-order valence-electron chi connectivity index (χ2n) is 2.83. The summed E-state index contributed by atoms with van der Waals surface area (Å²) in [5.41, 5.74) is 0.771. The summed E-state index contributed by atoms with van der Waals surface area (Å²) in [5, 5.41) is -0.414. The standard InChI is InChI=1S/C10H10BrClO3/c1-14-8-3-6(4-10(12)13)7(11)5-9(8)15-2/h3,5H,4H2,1-2H3. The lowest BCUT2D eigenvalue weighted by Gasteiger charge is -2.10. The summed E-state index contributed by atoms with van der Waals surface area (Å²) >= 11 is 8.66. The summed E-state index contributed by atoms with van der Waals surface area (Å²) in [4.78, 5) is 10.8. The predicted molar refractivity (Wildman–Crippen MR) is 61.8 cm³/mol. The lowest BCUT2D eigenvalue weighted by atomic mass is 10.1. The normalized spacial score (nSPS) is 9.87. The number of carbonyl (C=O) groups is 1. The average Bonchev–Trinajstić information content (AvgIpc) is 2.19. The molecular weight excluding hydrogens is 283 g/mol. The number of rotatable bonds is 4. The van der Waals surface area contributed by atoms with Crippen molar-refractivity contribution in [3.63, 3.8) is 0 Å². The highest BCUT2D eigenvalue weighted by molar-refractivity contribution is 9.10. The van der Waals surface area contributed by atoms with Crippen LogP contribution >= 0.6 is 27.5 Å². The molecule has 0 unspecified atom stereocenters. The summed E-state index contributed by atoms with van der Waals surface area (Å²) in [7, 11) is 3.09. The number of halogens is 2. The zero-order valence-corrected chi connectivity index (χ0v) is 10.7. The van der Waals surface area contributed by atoms with Gasteiger partial charge in [0.05, 0.1) is 14.2 Å². The van der Waals surface area contributed by atoms with Crippen LogP contribution < -0.4 is 9.47 Å². The first-order valence-electron chi connectivity index (χ1n) is 4.17. The molecule has 82 valence electrons. The topological polar surface area (TPSA) is 35.5 Å². The first-order valence-corrected chi connectivity index (χ1v) is 5.34. The zero-order chi connectivity index (χ0) is 11.4. The van der Waals surface area contributed by atoms with Gasteiger partial charge in [0.25, 0.3) is 0 Å². The van der Waals surface area contributed by atoms with Crippen LogP contribution in [0, 0.1) is 0 Å². The third-order valence-corrected chi connectivity index (χ3v) is 2.75. The Kier molecular flexibility index (Phi) is 4.42. The SMILES string of the molecule is COc1cc(Br)c(CC(=O)Cl)cc1OC. The fourth-order valence-electron chi connectivity index (χ4n) is 1.18. The smallest absolute Gasteiger partial charge is 0.226 e. The number of carbonyl (C=O) groups excluding carboxylic acids is 1. The van der Waals surface area contributed by atoms with E-state index in [2.05, 4.69) is 15.9 Å². The maximum Gasteiger partial charge on any atom is 0.226 e. The number of ether oxygens (including phenoxy) is 2. The highest BCUT2D eigenvalue weighted by Crippen LogP contribution is 2.33. The van der Waals surface area contributed by atoms with Gasteiger partial charge < -0.3 is 9.47 Å². The molecule has 0 aliphatic rings. The van der Waals surface area contributed by atoms with Crippen molar-refractivity contribution >= 4 is 32.8 Å². The Labute approximate surface area is 101 Å². The minimum atomic E-state index is -0.414. The molecular formula is C10H10BrClO3. The number of benzene rings is 1. The molecule has 0 aliphatic carbocycles. The van der Waals surface area contributed by atoms with Gasteiger partial charge in [-0.1, -0.05) is 15.9 Å². The monoisotopic (exact) mass is 292 g/mol. The van der Waals surface area contributed by atoms with Crippen molar-refractivity contribution in [2.75, 3.05) is 14.2 Å². The van der Waals surface area contributed by atoms with E-state index in [-0.39, 0.29) is 6.42 Å². The van der Waals surface area contributed by atoms with E-state index in [1.807, 2.05) is 0 Å². The second kappa shape index (κ2) is 5.37. The largest absolute Gasteiger partial charge is 0.493 e. The Morgan fingerprint density at radius 1 is 1.33 bits per heavy atom. The molecule has 0 amide bonds. The average molecular weight is 294 g/mol. The molecule has 1 aromatic carbocycles. The molecule has 0 saturated heterocycles. The van der Waals surface area contributed by atoms with Gasteiger partial charge in [-0.15, -0.1) is 0 Å². The fraction of sp³-hybridized carbons (Fsp3) is 0.300. The molecule has 0 aliphatic heterocycles. The molecule has 1 rings (SSSR count). The lowest BCUT2D eigenvalue weighted by molar-refractivity contribution is -0.111. The minimum absolute atomic E-state index is 0.155. The van der Waals surface area contributed by atoms with E-state index in [9.17, 15) is 4.79 Å². The first-order chi connectivity index (χ1) is 7.08. The van der Waals surface area contributed by atoms with Crippen molar-refractivity contribution in [3.8, 4) is 11.5 Å². The molecule has 0 bridgehead atoms. The van der Waals surface area contributed by atoms with Crippen molar-refractivity contribution in [1.29, 1.82) is 0 Å². The van der Waals surface area contributed by atoms with Crippen LogP contribution in [0.15, 0.2) is 16.6 Å². The Hall–Kier alpha value is -0.740. The Bertz CT molecular complexity index is 379. The van der Waals surface area contributed by atoms with E-state index in [1.165, 1.54) is 7.11 Å². The molecule has 0 spiro atoms. The van der Waals surface area contributed by atoms with Crippen LogP contribution in [-0.4, -0.2) is 19.5 Å². The van der Waals surface area contributed by atoms with Crippen molar-refractivity contribution in [2.45, 2.75) is 6.42 Å². The van der Waals surface area contributed by atoms with Gasteiger partial charge in [-0.05, 0) is 29.3 Å². The van der Waals surface area contributed by atoms with Gasteiger partial charge in [-0.2, -0.15) is 0 Å². The van der Waals surface area contributed by atoms with Crippen LogP contribution in [0.4, 0.5) is 0 Å². The molecule has 5 heteroatoms. The summed E-state index contributed by atoms with van der Waals surface area (Å²) < 4.78 is 11.0. The van der Waals surface area contributed by atoms with E-state index in [1.54, 1.807) is 19.2 Å². The van der Waals surface area contributed by atoms with Gasteiger partial charge in [0, 0.05) is 10.9 Å². The lowest BCUT2D eigenvalue weighted by Crippen LogP contribution is -1.98. The fourth-order valence-corrected chi connectivity index (χ4v) is 1.79. The highest BCUT2D eigenvalue weighted by atomic mass is 79.9. The molecule has 0 radical (unpaired) electrons. The zero-order valence-electron chi connectivity index (χ0n) is 8.34. The molecule has 0 N–H and O–H groups in total. The van der Waals surface area contributed by atoms with Crippen molar-refractivity contribution in [2.24, 2.45) is 0 Å². The van der Waals surface area contributed by atoms with Gasteiger partial charge >= 0.3 is 0 Å². The van der Waals surface area contributed by atoms with Gasteiger partial charge in [-0.25, -0.2) is 0 Å². The summed E-state index contributed by atoms with van der Waals surface area (Å²) in [6.07, 6.45) is 0.155. The van der Waals surface area contributed by atoms with E-state index in [0.717, 1.165) is 10.0 Å². The van der Waals surface area contributed by atoms with Crippen LogP contribution in [-0.2, 0) is 11.2 Å². The molecule has 15 heavy (non-hydrogen) atoms. The number of methoxy groups -OCH3 is 2. The minimum Gasteiger partial charge on any atom is -0.493 e. The van der Waals surface area contributed by atoms with Crippen LogP contribution in [0.2, 0.25) is 0 Å². The molecule has 1 aromatic rings. The summed E-state index contributed by atoms with van der Waals surface area (Å²) in [6.45, 7) is 0. The van der Waals surface area contributed by atoms with Crippen LogP contribution in [0.25, 0.3) is 0 Å². The van der Waals surface area contributed by atoms with Crippen molar-refractivity contribution in [3.05, 3.63) is 22.2 Å². The Morgan fingerprint density at radius 3 is 2.33 bits per heavy atom. The van der Waals surface area contributed by atoms with Crippen LogP contribution in [0.1, 0.15) is 5.56 Å². The molecule has 0 fully saturated rings. The van der Waals surface area contributed by atoms with Gasteiger partial charge in [-0.3, -0.25) is 4.79 Å². The summed E-state index contributed by atoms with van der Waals surface area (Å²) in [5.74, 6) is 1.18. The highest BCUT2D eigenvalue weighted by Gasteiger charge is 2.11. The Balaban J connectivity index is 3.13. The van der Waals surface area contributed by atoms with Crippen molar-refractivity contribution < 1.29 is 14.3 Å². The third kappa shape index (κ3) is 3.11. The van der Waals surface area contributed by atoms with Crippen LogP contribution in [0.3, 0.4) is 0 Å². The molecule has 0 aromatic heterocycles. The van der Waals surface area contributed by atoms with E-state index in [4.69, 9.17) is 21.1 Å². The number of hydrogen-bond acceptors (Lipinski definition) is 3. The maximum absolute atomic E-state index is 10.8. The molecule has 0 saturated carbocycles. The summed E-state index contributed by atoms with van der Waals surface area (Å²) in [6, 6.07) is 3.47. The van der Waals surface area contributed by atoms with Crippen molar-refractivity contribution in [1.82, 2.24) is 0 Å². The van der Waals surface area contributed by atoms with E-state index in [0.29, 0.717) is 11.5 Å². The number of hydrogen-bond donors (Lipinski definition) is 0. The van der Waals surface area contributed by atoms with E-state index < -0.39 is 5.24 Å². The quantitative estimate of drug-likeness (QED) is 0.801. The predicted octanol–water partition coefficient (Wildman–Crippen LogP) is 2.77. The molecule has 0 atom stereocenters. The second-order valence-corrected chi connectivity index (χ2v) is 4.11. The first kappa shape index (κ1) is 12.3. The maximum atomic E-state index is 10.8. The molecule has 0 heterocycles. The van der Waals surface area contributed by atoms with E-state index >= 15 is 0 Å². The van der Waals surface area contributed by atoms with Crippen LogP contribution in [0.5, 0.6) is 11.5 Å². The molecule has 3 nitrogen and oxygen atoms in total.